The summed E-state index contributed by atoms with van der Waals surface area (Å²) in [5.74, 6) is 2.13. The van der Waals surface area contributed by atoms with Crippen LogP contribution >= 0.6 is 0 Å². The molecule has 3 aromatic heterocycles. The smallest absolute Gasteiger partial charge is 0.149 e. The predicted octanol–water partition coefficient (Wildman–Crippen LogP) is 4.76. The van der Waals surface area contributed by atoms with Gasteiger partial charge in [-0.2, -0.15) is 5.10 Å². The highest BCUT2D eigenvalue weighted by molar-refractivity contribution is 5.69. The highest BCUT2D eigenvalue weighted by Gasteiger charge is 2.26. The number of nitrogens with zero attached hydrogens (tertiary/aromatic N) is 6. The second kappa shape index (κ2) is 9.55. The summed E-state index contributed by atoms with van der Waals surface area (Å²) in [6.45, 7) is 2.96. The molecule has 0 radical (unpaired) electrons. The highest BCUT2D eigenvalue weighted by atomic mass is 15.3. The minimum atomic E-state index is 0.250. The van der Waals surface area contributed by atoms with Crippen LogP contribution < -0.4 is 5.73 Å². The Labute approximate surface area is 207 Å². The Hall–Kier alpha value is -3.03. The molecule has 7 nitrogen and oxygen atoms in total. The number of rotatable bonds is 6. The first kappa shape index (κ1) is 22.4. The van der Waals surface area contributed by atoms with E-state index in [1.165, 1.54) is 57.2 Å². The Morgan fingerprint density at radius 1 is 1.03 bits per heavy atom. The van der Waals surface area contributed by atoms with E-state index in [1.807, 2.05) is 23.0 Å². The molecule has 2 fully saturated rings. The Balaban J connectivity index is 1.31. The molecular weight excluding hydrogens is 434 g/mol. The average Bonchev–Trinajstić information content (AvgIpc) is 3.67. The first-order chi connectivity index (χ1) is 17.2. The second-order valence-corrected chi connectivity index (χ2v) is 10.4. The van der Waals surface area contributed by atoms with Crippen molar-refractivity contribution in [3.63, 3.8) is 0 Å². The summed E-state index contributed by atoms with van der Waals surface area (Å²) < 4.78 is 4.11. The van der Waals surface area contributed by atoms with Crippen molar-refractivity contribution in [2.45, 2.75) is 50.5 Å². The summed E-state index contributed by atoms with van der Waals surface area (Å²) in [4.78, 5) is 12.1. The van der Waals surface area contributed by atoms with Crippen molar-refractivity contribution in [2.24, 2.45) is 11.7 Å². The highest BCUT2D eigenvalue weighted by Crippen LogP contribution is 2.35. The molecule has 0 amide bonds. The molecule has 1 saturated heterocycles. The molecule has 1 aliphatic carbocycles. The van der Waals surface area contributed by atoms with Gasteiger partial charge >= 0.3 is 0 Å². The molecule has 6 rings (SSSR count). The number of piperidine rings is 1. The maximum absolute atomic E-state index is 6.19. The average molecular weight is 470 g/mol. The van der Waals surface area contributed by atoms with E-state index in [0.29, 0.717) is 18.4 Å². The molecule has 1 atom stereocenters. The molecule has 4 heterocycles. The monoisotopic (exact) mass is 469 g/mol. The molecule has 2 N–H and O–H groups in total. The Bertz CT molecular complexity index is 1270. The number of benzene rings is 1. The lowest BCUT2D eigenvalue weighted by molar-refractivity contribution is 0.255. The third kappa shape index (κ3) is 4.39. The van der Waals surface area contributed by atoms with Crippen molar-refractivity contribution in [1.29, 1.82) is 0 Å². The summed E-state index contributed by atoms with van der Waals surface area (Å²) in [6.07, 6.45) is 15.4. The summed E-state index contributed by atoms with van der Waals surface area (Å²) in [7, 11) is 2.21. The van der Waals surface area contributed by atoms with E-state index in [9.17, 15) is 0 Å². The van der Waals surface area contributed by atoms with Gasteiger partial charge in [0.05, 0.1) is 23.5 Å². The van der Waals surface area contributed by atoms with Gasteiger partial charge in [-0.15, -0.1) is 0 Å². The molecule has 35 heavy (non-hydrogen) atoms. The molecular formula is C28H35N7. The summed E-state index contributed by atoms with van der Waals surface area (Å²) >= 11 is 0. The van der Waals surface area contributed by atoms with E-state index in [1.54, 1.807) is 0 Å². The van der Waals surface area contributed by atoms with Gasteiger partial charge in [0.15, 0.2) is 0 Å². The van der Waals surface area contributed by atoms with Gasteiger partial charge in [-0.1, -0.05) is 37.1 Å². The van der Waals surface area contributed by atoms with E-state index in [-0.39, 0.29) is 6.04 Å². The van der Waals surface area contributed by atoms with Crippen molar-refractivity contribution in [3.05, 3.63) is 60.7 Å². The topological polar surface area (TPSA) is 77.3 Å². The first-order valence-corrected chi connectivity index (χ1v) is 13.1. The normalized spacial score (nSPS) is 19.0. The number of fused-ring (bicyclic) bond motifs is 1. The van der Waals surface area contributed by atoms with E-state index >= 15 is 0 Å². The quantitative estimate of drug-likeness (QED) is 0.441. The van der Waals surface area contributed by atoms with E-state index in [2.05, 4.69) is 58.1 Å². The van der Waals surface area contributed by atoms with Gasteiger partial charge in [0.2, 0.25) is 0 Å². The van der Waals surface area contributed by atoms with E-state index < -0.39 is 0 Å². The van der Waals surface area contributed by atoms with Crippen LogP contribution in [-0.4, -0.2) is 55.7 Å². The van der Waals surface area contributed by atoms with Crippen molar-refractivity contribution < 1.29 is 0 Å². The van der Waals surface area contributed by atoms with Crippen LogP contribution in [0.15, 0.2) is 55.1 Å². The van der Waals surface area contributed by atoms with Gasteiger partial charge in [0, 0.05) is 36.8 Å². The third-order valence-corrected chi connectivity index (χ3v) is 8.17. The van der Waals surface area contributed by atoms with Crippen LogP contribution in [0.4, 0.5) is 0 Å². The summed E-state index contributed by atoms with van der Waals surface area (Å²) in [5.41, 5.74) is 11.6. The van der Waals surface area contributed by atoms with Gasteiger partial charge in [-0.25, -0.2) is 9.97 Å². The van der Waals surface area contributed by atoms with Gasteiger partial charge in [0.25, 0.3) is 0 Å². The predicted molar refractivity (Wildman–Crippen MR) is 139 cm³/mol. The first-order valence-electron chi connectivity index (χ1n) is 13.1. The van der Waals surface area contributed by atoms with Crippen LogP contribution in [0.5, 0.6) is 0 Å². The van der Waals surface area contributed by atoms with Gasteiger partial charge < -0.3 is 10.6 Å². The second-order valence-electron chi connectivity index (χ2n) is 10.4. The molecule has 0 spiro atoms. The van der Waals surface area contributed by atoms with Crippen molar-refractivity contribution in [2.75, 3.05) is 26.7 Å². The van der Waals surface area contributed by atoms with Crippen LogP contribution in [-0.2, 0) is 0 Å². The third-order valence-electron chi connectivity index (χ3n) is 8.17. The standard InChI is InChI=1S/C28H35N7/c1-33-13-10-21(11-14-33)20-6-8-22(9-7-20)25-16-27-30-12-15-34(27)28(32-25)24-18-31-35(19-24)26(17-29)23-4-2-3-5-23/h6-9,12,15-16,18-19,21,23,26H,2-5,10-11,13-14,17,29H2,1H3. The molecule has 4 aromatic rings. The fourth-order valence-corrected chi connectivity index (χ4v) is 6.04. The zero-order valence-corrected chi connectivity index (χ0v) is 20.6. The molecule has 1 aromatic carbocycles. The lowest BCUT2D eigenvalue weighted by Gasteiger charge is -2.29. The van der Waals surface area contributed by atoms with Crippen LogP contribution in [0.2, 0.25) is 0 Å². The van der Waals surface area contributed by atoms with E-state index in [0.717, 1.165) is 28.3 Å². The minimum absolute atomic E-state index is 0.250. The number of likely N-dealkylation sites (tertiary alicyclic amines) is 1. The molecule has 182 valence electrons. The minimum Gasteiger partial charge on any atom is -0.328 e. The molecule has 1 saturated carbocycles. The van der Waals surface area contributed by atoms with Gasteiger partial charge in [0.1, 0.15) is 11.5 Å². The summed E-state index contributed by atoms with van der Waals surface area (Å²) in [5, 5.41) is 4.73. The fraction of sp³-hybridized carbons (Fsp3) is 0.464. The Morgan fingerprint density at radius 2 is 1.80 bits per heavy atom. The SMILES string of the molecule is CN1CCC(c2ccc(-c3cc4nccn4c(-c4cnn(C(CN)C5CCCC5)c4)n3)cc2)CC1. The fourth-order valence-electron chi connectivity index (χ4n) is 6.04. The maximum atomic E-state index is 6.19. The zero-order chi connectivity index (χ0) is 23.8. The number of imidazole rings is 1. The number of nitrogens with two attached hydrogens (primary N) is 1. The van der Waals surface area contributed by atoms with Crippen molar-refractivity contribution >= 4 is 5.65 Å². The van der Waals surface area contributed by atoms with Crippen LogP contribution in [0.1, 0.15) is 56.0 Å². The van der Waals surface area contributed by atoms with Gasteiger partial charge in [-0.3, -0.25) is 9.08 Å². The molecule has 2 aliphatic rings. The lowest BCUT2D eigenvalue weighted by Crippen LogP contribution is -2.29. The van der Waals surface area contributed by atoms with Crippen LogP contribution in [0.25, 0.3) is 28.3 Å². The molecule has 1 aliphatic heterocycles. The van der Waals surface area contributed by atoms with Gasteiger partial charge in [-0.05, 0) is 63.2 Å². The number of aromatic nitrogens is 5. The lowest BCUT2D eigenvalue weighted by atomic mass is 9.89. The number of hydrogen-bond donors (Lipinski definition) is 1. The van der Waals surface area contributed by atoms with Crippen LogP contribution in [0, 0.1) is 5.92 Å². The van der Waals surface area contributed by atoms with Crippen molar-refractivity contribution in [1.82, 2.24) is 29.0 Å². The Kier molecular flexibility index (Phi) is 6.12. The summed E-state index contributed by atoms with van der Waals surface area (Å²) in [6, 6.07) is 11.3. The maximum Gasteiger partial charge on any atom is 0.149 e. The molecule has 7 heteroatoms. The Morgan fingerprint density at radius 3 is 2.54 bits per heavy atom. The van der Waals surface area contributed by atoms with Crippen molar-refractivity contribution in [3.8, 4) is 22.6 Å². The number of hydrogen-bond acceptors (Lipinski definition) is 5. The largest absolute Gasteiger partial charge is 0.328 e. The van der Waals surface area contributed by atoms with E-state index in [4.69, 9.17) is 15.8 Å². The zero-order valence-electron chi connectivity index (χ0n) is 20.6. The molecule has 0 bridgehead atoms. The van der Waals surface area contributed by atoms with Crippen LogP contribution in [0.3, 0.4) is 0 Å². The molecule has 1 unspecified atom stereocenters.